The van der Waals surface area contributed by atoms with Crippen LogP contribution < -0.4 is 0 Å². The van der Waals surface area contributed by atoms with Crippen LogP contribution in [0.15, 0.2) is 4.60 Å². The molecule has 6 heteroatoms. The summed E-state index contributed by atoms with van der Waals surface area (Å²) >= 11 is 3.26. The van der Waals surface area contributed by atoms with E-state index in [0.717, 1.165) is 18.9 Å². The molecular formula is C8H10BrN3O2. The first-order valence-corrected chi connectivity index (χ1v) is 5.05. The Morgan fingerprint density at radius 1 is 1.57 bits per heavy atom. The smallest absolute Gasteiger partial charge is 0.357 e. The topological polar surface area (TPSA) is 58.4 Å². The minimum atomic E-state index is -0.985. The predicted octanol–water partition coefficient (Wildman–Crippen LogP) is 0.789. The van der Waals surface area contributed by atoms with Crippen molar-refractivity contribution in [1.29, 1.82) is 0 Å². The van der Waals surface area contributed by atoms with Crippen molar-refractivity contribution in [3.63, 3.8) is 0 Å². The van der Waals surface area contributed by atoms with Crippen LogP contribution >= 0.6 is 15.9 Å². The van der Waals surface area contributed by atoms with Gasteiger partial charge in [-0.1, -0.05) is 0 Å². The fourth-order valence-electron chi connectivity index (χ4n) is 1.55. The number of hydrogen-bond acceptors (Lipinski definition) is 3. The number of hydrogen-bond donors (Lipinski definition) is 1. The lowest BCUT2D eigenvalue weighted by molar-refractivity contribution is 0.0689. The standard InChI is InChI=1S/C8H10BrN3O2/c1-11-2-3-12-5(4-11)10-6(7(12)9)8(13)14/h2-4H2,1H3,(H,13,14). The molecule has 14 heavy (non-hydrogen) atoms. The maximum Gasteiger partial charge on any atom is 0.357 e. The van der Waals surface area contributed by atoms with E-state index in [1.54, 1.807) is 0 Å². The van der Waals surface area contributed by atoms with Gasteiger partial charge >= 0.3 is 5.97 Å². The number of fused-ring (bicyclic) bond motifs is 1. The third-order valence-electron chi connectivity index (χ3n) is 2.30. The Hall–Kier alpha value is -0.880. The Bertz CT molecular complexity index is 388. The van der Waals surface area contributed by atoms with Crippen molar-refractivity contribution in [3.8, 4) is 0 Å². The van der Waals surface area contributed by atoms with Gasteiger partial charge in [0.05, 0.1) is 6.54 Å². The van der Waals surface area contributed by atoms with Gasteiger partial charge in [0.15, 0.2) is 5.69 Å². The molecular weight excluding hydrogens is 250 g/mol. The van der Waals surface area contributed by atoms with Crippen LogP contribution in [0.2, 0.25) is 0 Å². The largest absolute Gasteiger partial charge is 0.476 e. The third kappa shape index (κ3) is 1.44. The zero-order chi connectivity index (χ0) is 10.3. The van der Waals surface area contributed by atoms with Gasteiger partial charge in [0.1, 0.15) is 10.4 Å². The zero-order valence-corrected chi connectivity index (χ0v) is 9.28. The summed E-state index contributed by atoms with van der Waals surface area (Å²) in [5.41, 5.74) is 0.107. The second-order valence-corrected chi connectivity index (χ2v) is 4.11. The van der Waals surface area contributed by atoms with Crippen molar-refractivity contribution >= 4 is 21.9 Å². The molecule has 0 radical (unpaired) electrons. The lowest BCUT2D eigenvalue weighted by atomic mass is 10.4. The quantitative estimate of drug-likeness (QED) is 0.811. The lowest BCUT2D eigenvalue weighted by Crippen LogP contribution is -2.30. The van der Waals surface area contributed by atoms with Crippen LogP contribution in [0.5, 0.6) is 0 Å². The van der Waals surface area contributed by atoms with E-state index in [-0.39, 0.29) is 5.69 Å². The summed E-state index contributed by atoms with van der Waals surface area (Å²) in [6, 6.07) is 0. The minimum Gasteiger partial charge on any atom is -0.476 e. The highest BCUT2D eigenvalue weighted by atomic mass is 79.9. The van der Waals surface area contributed by atoms with Gasteiger partial charge in [0.25, 0.3) is 0 Å². The van der Waals surface area contributed by atoms with Crippen LogP contribution in [0.1, 0.15) is 16.3 Å². The van der Waals surface area contributed by atoms with E-state index in [0.29, 0.717) is 11.1 Å². The first kappa shape index (κ1) is 9.67. The molecule has 0 amide bonds. The molecule has 0 spiro atoms. The van der Waals surface area contributed by atoms with E-state index in [2.05, 4.69) is 25.8 Å². The van der Waals surface area contributed by atoms with Gasteiger partial charge in [-0.3, -0.25) is 4.90 Å². The molecule has 0 atom stereocenters. The van der Waals surface area contributed by atoms with Crippen LogP contribution in [0, 0.1) is 0 Å². The molecule has 1 aromatic heterocycles. The van der Waals surface area contributed by atoms with E-state index in [4.69, 9.17) is 5.11 Å². The molecule has 0 saturated heterocycles. The van der Waals surface area contributed by atoms with Crippen molar-refractivity contribution in [2.24, 2.45) is 0 Å². The fraction of sp³-hybridized carbons (Fsp3) is 0.500. The molecule has 1 aliphatic heterocycles. The van der Waals surface area contributed by atoms with Crippen molar-refractivity contribution in [2.45, 2.75) is 13.1 Å². The molecule has 0 bridgehead atoms. The highest BCUT2D eigenvalue weighted by Crippen LogP contribution is 2.22. The van der Waals surface area contributed by atoms with Gasteiger partial charge in [0, 0.05) is 13.1 Å². The van der Waals surface area contributed by atoms with Crippen LogP contribution in [0.4, 0.5) is 0 Å². The van der Waals surface area contributed by atoms with Crippen molar-refractivity contribution in [2.75, 3.05) is 13.6 Å². The zero-order valence-electron chi connectivity index (χ0n) is 7.70. The molecule has 0 unspecified atom stereocenters. The molecule has 76 valence electrons. The SMILES string of the molecule is CN1CCn2c(nc(C(=O)O)c2Br)C1. The number of imidazole rings is 1. The number of halogens is 1. The predicted molar refractivity (Wildman–Crippen MR) is 53.2 cm³/mol. The number of carboxylic acids is 1. The Balaban J connectivity index is 2.45. The Morgan fingerprint density at radius 3 is 2.93 bits per heavy atom. The van der Waals surface area contributed by atoms with Crippen LogP contribution in [-0.4, -0.2) is 39.1 Å². The van der Waals surface area contributed by atoms with Gasteiger partial charge in [-0.15, -0.1) is 0 Å². The lowest BCUT2D eigenvalue weighted by Gasteiger charge is -2.23. The molecule has 5 nitrogen and oxygen atoms in total. The van der Waals surface area contributed by atoms with E-state index in [1.165, 1.54) is 0 Å². The van der Waals surface area contributed by atoms with E-state index < -0.39 is 5.97 Å². The minimum absolute atomic E-state index is 0.107. The summed E-state index contributed by atoms with van der Waals surface area (Å²) in [4.78, 5) is 17.0. The fourth-order valence-corrected chi connectivity index (χ4v) is 2.19. The molecule has 0 saturated carbocycles. The first-order chi connectivity index (χ1) is 6.59. The molecule has 2 rings (SSSR count). The van der Waals surface area contributed by atoms with Crippen molar-refractivity contribution in [1.82, 2.24) is 14.5 Å². The number of aromatic nitrogens is 2. The first-order valence-electron chi connectivity index (χ1n) is 4.26. The van der Waals surface area contributed by atoms with Gasteiger partial charge in [-0.25, -0.2) is 9.78 Å². The Labute approximate surface area is 89.5 Å². The molecule has 1 N–H and O–H groups in total. The molecule has 1 aromatic rings. The van der Waals surface area contributed by atoms with E-state index in [9.17, 15) is 4.79 Å². The summed E-state index contributed by atoms with van der Waals surface area (Å²) < 4.78 is 2.48. The summed E-state index contributed by atoms with van der Waals surface area (Å²) in [6.45, 7) is 2.40. The van der Waals surface area contributed by atoms with Gasteiger partial charge in [-0.05, 0) is 23.0 Å². The van der Waals surface area contributed by atoms with Crippen LogP contribution in [-0.2, 0) is 13.1 Å². The molecule has 2 heterocycles. The summed E-state index contributed by atoms with van der Waals surface area (Å²) in [5, 5.41) is 8.86. The van der Waals surface area contributed by atoms with Gasteiger partial charge < -0.3 is 9.67 Å². The Morgan fingerprint density at radius 2 is 2.29 bits per heavy atom. The number of aromatic carboxylic acids is 1. The second-order valence-electron chi connectivity index (χ2n) is 3.36. The summed E-state index contributed by atoms with van der Waals surface area (Å²) in [5.74, 6) is -0.176. The highest BCUT2D eigenvalue weighted by Gasteiger charge is 2.23. The average Bonchev–Trinajstić information content (AvgIpc) is 2.43. The van der Waals surface area contributed by atoms with Crippen LogP contribution in [0.3, 0.4) is 0 Å². The normalized spacial score (nSPS) is 16.7. The van der Waals surface area contributed by atoms with Gasteiger partial charge in [-0.2, -0.15) is 0 Å². The number of carbonyl (C=O) groups is 1. The highest BCUT2D eigenvalue weighted by molar-refractivity contribution is 9.10. The number of carboxylic acid groups (broad SMARTS) is 1. The summed E-state index contributed by atoms with van der Waals surface area (Å²) in [6.07, 6.45) is 0. The molecule has 0 aliphatic carbocycles. The maximum absolute atomic E-state index is 10.8. The van der Waals surface area contributed by atoms with Crippen molar-refractivity contribution in [3.05, 3.63) is 16.1 Å². The maximum atomic E-state index is 10.8. The van der Waals surface area contributed by atoms with Crippen LogP contribution in [0.25, 0.3) is 0 Å². The summed E-state index contributed by atoms with van der Waals surface area (Å²) in [7, 11) is 1.99. The monoisotopic (exact) mass is 259 g/mol. The number of likely N-dealkylation sites (N-methyl/N-ethyl adjacent to an activating group) is 1. The van der Waals surface area contributed by atoms with E-state index >= 15 is 0 Å². The van der Waals surface area contributed by atoms with E-state index in [1.807, 2.05) is 11.6 Å². The third-order valence-corrected chi connectivity index (χ3v) is 3.11. The molecule has 0 aromatic carbocycles. The second kappa shape index (κ2) is 3.36. The molecule has 0 fully saturated rings. The Kier molecular flexibility index (Phi) is 2.32. The van der Waals surface area contributed by atoms with Crippen molar-refractivity contribution < 1.29 is 9.90 Å². The number of rotatable bonds is 1. The molecule has 1 aliphatic rings. The van der Waals surface area contributed by atoms with Gasteiger partial charge in [0.2, 0.25) is 0 Å². The average molecular weight is 260 g/mol. The number of nitrogens with zero attached hydrogens (tertiary/aromatic N) is 3.